The molecule has 0 saturated heterocycles. The molecule has 6 nitrogen and oxygen atoms in total. The maximum absolute atomic E-state index is 12.7. The lowest BCUT2D eigenvalue weighted by atomic mass is 9.70. The summed E-state index contributed by atoms with van der Waals surface area (Å²) < 4.78 is 65.5. The Morgan fingerprint density at radius 2 is 0.921 bits per heavy atom. The molecule has 63 heavy (non-hydrogen) atoms. The minimum Gasteiger partial charge on any atom is -0.508 e. The van der Waals surface area contributed by atoms with Crippen molar-refractivity contribution in [3.63, 3.8) is 0 Å². The number of benzene rings is 4. The van der Waals surface area contributed by atoms with Crippen LogP contribution >= 0.6 is 0 Å². The molecule has 2 fully saturated rings. The van der Waals surface area contributed by atoms with Crippen LogP contribution < -0.4 is 4.18 Å². The van der Waals surface area contributed by atoms with Gasteiger partial charge >= 0.3 is 15.6 Å². The third-order valence-corrected chi connectivity index (χ3v) is 14.6. The molecule has 3 N–H and O–H groups in total. The van der Waals surface area contributed by atoms with E-state index in [1.165, 1.54) is 24.1 Å². The van der Waals surface area contributed by atoms with Crippen molar-refractivity contribution in [1.29, 1.82) is 0 Å². The van der Waals surface area contributed by atoms with E-state index in [1.807, 2.05) is 45.9 Å². The Labute approximate surface area is 373 Å². The molecule has 10 heteroatoms. The number of aliphatic hydroxyl groups is 2. The normalized spacial score (nSPS) is 16.0. The molecule has 2 saturated carbocycles. The first-order chi connectivity index (χ1) is 29.6. The summed E-state index contributed by atoms with van der Waals surface area (Å²) in [5, 5.41) is 31.0. The Kier molecular flexibility index (Phi) is 15.3. The van der Waals surface area contributed by atoms with Crippen LogP contribution in [0.4, 0.5) is 13.2 Å². The van der Waals surface area contributed by atoms with Crippen molar-refractivity contribution in [3.8, 4) is 35.2 Å². The number of halogens is 3. The van der Waals surface area contributed by atoms with Crippen molar-refractivity contribution in [2.24, 2.45) is 0 Å². The first kappa shape index (κ1) is 49.3. The van der Waals surface area contributed by atoms with Crippen molar-refractivity contribution < 1.29 is 41.1 Å². The molecule has 0 bridgehead atoms. The zero-order valence-corrected chi connectivity index (χ0v) is 38.8. The fourth-order valence-electron chi connectivity index (χ4n) is 9.37. The fraction of sp³-hybridized carbons (Fsp3) is 0.472. The van der Waals surface area contributed by atoms with Crippen molar-refractivity contribution in [1.82, 2.24) is 0 Å². The highest BCUT2D eigenvalue weighted by Crippen LogP contribution is 2.43. The number of rotatable bonds is 10. The molecule has 0 unspecified atom stereocenters. The molecule has 0 amide bonds. The maximum Gasteiger partial charge on any atom is 0.534 e. The van der Waals surface area contributed by atoms with Crippen LogP contribution in [0.25, 0.3) is 0 Å². The van der Waals surface area contributed by atoms with Crippen molar-refractivity contribution >= 4 is 10.1 Å². The smallest absolute Gasteiger partial charge is 0.508 e. The topological polar surface area (TPSA) is 104 Å². The van der Waals surface area contributed by atoms with E-state index < -0.39 is 32.2 Å². The standard InChI is InChI=1S/C27H31F3O4S.C26H32O2/c1-5-26(6-2,23-11-12-24(20(4)18-23)34-35(32,33)27(28,29)30)22-10-9-21(19(3)17-22)13-16-25(31)14-7-8-15-25;1-5-26(6-2,23-11-12-24(27)20(4)18-23)22-10-9-21(19(3)17-22)13-16-25(28)14-7-8-15-25/h9-12,17-18,31H,5-8,14-15H2,1-4H3;9-12,17-18,27-28H,5-8,14-15H2,1-4H3. The number of aryl methyl sites for hydroxylation is 4. The average Bonchev–Trinajstić information content (AvgIpc) is 3.89. The van der Waals surface area contributed by atoms with E-state index in [2.05, 4.69) is 79.0 Å². The van der Waals surface area contributed by atoms with Crippen LogP contribution in [0.15, 0.2) is 72.8 Å². The van der Waals surface area contributed by atoms with Crippen molar-refractivity contribution in [2.45, 2.75) is 160 Å². The summed E-state index contributed by atoms with van der Waals surface area (Å²) >= 11 is 0. The van der Waals surface area contributed by atoms with Crippen LogP contribution in [0, 0.1) is 51.4 Å². The predicted molar refractivity (Wildman–Crippen MR) is 245 cm³/mol. The molecule has 2 aliphatic carbocycles. The summed E-state index contributed by atoms with van der Waals surface area (Å²) in [4.78, 5) is 0. The highest BCUT2D eigenvalue weighted by molar-refractivity contribution is 7.88. The quantitative estimate of drug-likeness (QED) is 0.0832. The number of hydrogen-bond acceptors (Lipinski definition) is 6. The van der Waals surface area contributed by atoms with Gasteiger partial charge in [0.15, 0.2) is 0 Å². The van der Waals surface area contributed by atoms with E-state index in [1.54, 1.807) is 18.2 Å². The van der Waals surface area contributed by atoms with Crippen molar-refractivity contribution in [3.05, 3.63) is 128 Å². The lowest BCUT2D eigenvalue weighted by molar-refractivity contribution is -0.0500. The van der Waals surface area contributed by atoms with Gasteiger partial charge in [0.1, 0.15) is 22.7 Å². The zero-order valence-electron chi connectivity index (χ0n) is 38.0. The van der Waals surface area contributed by atoms with Crippen LogP contribution in [0.3, 0.4) is 0 Å². The van der Waals surface area contributed by atoms with Gasteiger partial charge in [0.25, 0.3) is 0 Å². The van der Waals surface area contributed by atoms with Crippen LogP contribution in [0.1, 0.15) is 160 Å². The van der Waals surface area contributed by atoms with E-state index in [-0.39, 0.29) is 11.2 Å². The predicted octanol–water partition coefficient (Wildman–Crippen LogP) is 12.1. The third kappa shape index (κ3) is 10.8. The van der Waals surface area contributed by atoms with Crippen LogP contribution in [-0.2, 0) is 20.9 Å². The minimum atomic E-state index is -5.74. The lowest BCUT2D eigenvalue weighted by Crippen LogP contribution is -2.29. The molecule has 4 aromatic carbocycles. The zero-order chi connectivity index (χ0) is 46.4. The molecule has 0 heterocycles. The fourth-order valence-corrected chi connectivity index (χ4v) is 9.88. The Bertz CT molecular complexity index is 2500. The SMILES string of the molecule is CCC(CC)(c1ccc(C#CC2(O)CCCC2)c(C)c1)c1ccc(OS(=O)(=O)C(F)(F)F)c(C)c1.CCC(CC)(c1ccc(O)c(C)c1)c1ccc(C#CC2(O)CCCC2)c(C)c1. The molecule has 0 radical (unpaired) electrons. The second-order valence-corrected chi connectivity index (χ2v) is 19.1. The number of alkyl halides is 3. The number of phenolic OH excluding ortho intramolecular Hbond substituents is 1. The van der Waals surface area contributed by atoms with Gasteiger partial charge < -0.3 is 19.5 Å². The van der Waals surface area contributed by atoms with Gasteiger partial charge in [0, 0.05) is 22.0 Å². The van der Waals surface area contributed by atoms with Gasteiger partial charge in [-0.05, 0) is 174 Å². The highest BCUT2D eigenvalue weighted by atomic mass is 32.2. The van der Waals surface area contributed by atoms with Gasteiger partial charge in [-0.2, -0.15) is 21.6 Å². The minimum absolute atomic E-state index is 0.0845. The van der Waals surface area contributed by atoms with Crippen LogP contribution in [-0.4, -0.2) is 40.4 Å². The molecular formula is C53H63F3O6S. The lowest BCUT2D eigenvalue weighted by Gasteiger charge is -2.34. The molecule has 338 valence electrons. The van der Waals surface area contributed by atoms with E-state index in [0.717, 1.165) is 90.3 Å². The molecule has 0 aromatic heterocycles. The summed E-state index contributed by atoms with van der Waals surface area (Å²) in [6.45, 7) is 16.1. The summed E-state index contributed by atoms with van der Waals surface area (Å²) in [7, 11) is -5.74. The Hall–Kier alpha value is -4.74. The van der Waals surface area contributed by atoms with E-state index in [0.29, 0.717) is 37.0 Å². The van der Waals surface area contributed by atoms with Crippen LogP contribution in [0.5, 0.6) is 11.5 Å². The molecule has 2 aliphatic rings. The van der Waals surface area contributed by atoms with Gasteiger partial charge in [-0.15, -0.1) is 0 Å². The molecule has 0 spiro atoms. The highest BCUT2D eigenvalue weighted by Gasteiger charge is 2.49. The second kappa shape index (κ2) is 19.6. The van der Waals surface area contributed by atoms with Gasteiger partial charge in [0.2, 0.25) is 0 Å². The Morgan fingerprint density at radius 3 is 1.25 bits per heavy atom. The number of phenols is 1. The Balaban J connectivity index is 0.000000243. The molecular weight excluding hydrogens is 822 g/mol. The van der Waals surface area contributed by atoms with Crippen LogP contribution in [0.2, 0.25) is 0 Å². The largest absolute Gasteiger partial charge is 0.534 e. The first-order valence-corrected chi connectivity index (χ1v) is 23.7. The summed E-state index contributed by atoms with van der Waals surface area (Å²) in [5.41, 5.74) is 1.83. The van der Waals surface area contributed by atoms with Gasteiger partial charge in [0.05, 0.1) is 0 Å². The van der Waals surface area contributed by atoms with Gasteiger partial charge in [-0.25, -0.2) is 0 Å². The number of aromatic hydroxyl groups is 1. The summed E-state index contributed by atoms with van der Waals surface area (Å²) in [6.07, 6.45) is 10.4. The van der Waals surface area contributed by atoms with E-state index in [9.17, 15) is 36.9 Å². The average molecular weight is 885 g/mol. The molecule has 4 aromatic rings. The second-order valence-electron chi connectivity index (χ2n) is 17.6. The first-order valence-electron chi connectivity index (χ1n) is 22.3. The van der Waals surface area contributed by atoms with Gasteiger partial charge in [-0.3, -0.25) is 0 Å². The molecule has 0 atom stereocenters. The van der Waals surface area contributed by atoms with Crippen molar-refractivity contribution in [2.75, 3.05) is 0 Å². The maximum atomic E-state index is 12.7. The summed E-state index contributed by atoms with van der Waals surface area (Å²) in [5.74, 6) is 12.5. The third-order valence-electron chi connectivity index (χ3n) is 13.7. The Morgan fingerprint density at radius 1 is 0.571 bits per heavy atom. The monoisotopic (exact) mass is 884 g/mol. The van der Waals surface area contributed by atoms with E-state index >= 15 is 0 Å². The molecule has 0 aliphatic heterocycles. The summed E-state index contributed by atoms with van der Waals surface area (Å²) in [6, 6.07) is 23.1. The van der Waals surface area contributed by atoms with Gasteiger partial charge in [-0.1, -0.05) is 99.9 Å². The molecule has 6 rings (SSSR count). The number of hydrogen-bond donors (Lipinski definition) is 3. The van der Waals surface area contributed by atoms with E-state index in [4.69, 9.17) is 0 Å².